The molecule has 3 rings (SSSR count). The van der Waals surface area contributed by atoms with E-state index in [9.17, 15) is 9.59 Å². The van der Waals surface area contributed by atoms with E-state index in [1.165, 1.54) is 0 Å². The van der Waals surface area contributed by atoms with E-state index in [0.717, 1.165) is 22.3 Å². The Labute approximate surface area is 138 Å². The van der Waals surface area contributed by atoms with Gasteiger partial charge in [-0.2, -0.15) is 0 Å². The third-order valence-electron chi connectivity index (χ3n) is 3.72. The number of hydrogen-bond donors (Lipinski definition) is 2. The third kappa shape index (κ3) is 3.17. The molecule has 0 aromatic heterocycles. The lowest BCUT2D eigenvalue weighted by Crippen LogP contribution is -1.95. The summed E-state index contributed by atoms with van der Waals surface area (Å²) in [5.74, 6) is -1.92. The highest BCUT2D eigenvalue weighted by atomic mass is 16.4. The zero-order chi connectivity index (χ0) is 17.1. The molecule has 0 fully saturated rings. The Bertz CT molecular complexity index is 821. The van der Waals surface area contributed by atoms with Crippen LogP contribution in [0.15, 0.2) is 66.7 Å². The van der Waals surface area contributed by atoms with Crippen molar-refractivity contribution in [1.29, 1.82) is 0 Å². The SMILES string of the molecule is O=C(O)c1ccc(-c2c[c]cc(-c3ccc(C(=O)O)cc3)c2)cc1. The molecule has 0 saturated heterocycles. The average molecular weight is 317 g/mol. The molecule has 3 aromatic rings. The first kappa shape index (κ1) is 15.5. The van der Waals surface area contributed by atoms with Gasteiger partial charge in [-0.1, -0.05) is 24.3 Å². The van der Waals surface area contributed by atoms with Crippen LogP contribution in [0, 0.1) is 6.07 Å². The maximum Gasteiger partial charge on any atom is 0.335 e. The summed E-state index contributed by atoms with van der Waals surface area (Å²) in [6.07, 6.45) is 0. The van der Waals surface area contributed by atoms with Gasteiger partial charge in [-0.25, -0.2) is 9.59 Å². The summed E-state index contributed by atoms with van der Waals surface area (Å²) >= 11 is 0. The molecule has 2 N–H and O–H groups in total. The second-order valence-electron chi connectivity index (χ2n) is 5.28. The van der Waals surface area contributed by atoms with Crippen LogP contribution in [0.25, 0.3) is 22.3 Å². The minimum absolute atomic E-state index is 0.239. The fraction of sp³-hybridized carbons (Fsp3) is 0. The molecular formula is C20H13O4. The first-order valence-electron chi connectivity index (χ1n) is 7.23. The van der Waals surface area contributed by atoms with Crippen molar-refractivity contribution in [3.8, 4) is 22.3 Å². The molecule has 117 valence electrons. The van der Waals surface area contributed by atoms with E-state index in [0.29, 0.717) is 0 Å². The van der Waals surface area contributed by atoms with Crippen LogP contribution < -0.4 is 0 Å². The average Bonchev–Trinajstić information content (AvgIpc) is 2.62. The Balaban J connectivity index is 1.94. The van der Waals surface area contributed by atoms with E-state index in [4.69, 9.17) is 10.2 Å². The molecule has 0 heterocycles. The van der Waals surface area contributed by atoms with Gasteiger partial charge in [-0.15, -0.1) is 0 Å². The Morgan fingerprint density at radius 3 is 1.33 bits per heavy atom. The Kier molecular flexibility index (Phi) is 4.12. The highest BCUT2D eigenvalue weighted by molar-refractivity contribution is 5.89. The molecule has 0 aliphatic carbocycles. The number of carboxylic acids is 2. The van der Waals surface area contributed by atoms with Crippen LogP contribution in [-0.2, 0) is 0 Å². The Morgan fingerprint density at radius 2 is 1.00 bits per heavy atom. The quantitative estimate of drug-likeness (QED) is 0.755. The summed E-state index contributed by atoms with van der Waals surface area (Å²) < 4.78 is 0. The lowest BCUT2D eigenvalue weighted by molar-refractivity contribution is 0.0686. The molecule has 0 bridgehead atoms. The minimum atomic E-state index is -0.958. The van der Waals surface area contributed by atoms with Crippen LogP contribution in [0.2, 0.25) is 0 Å². The summed E-state index contributed by atoms with van der Waals surface area (Å²) in [4.78, 5) is 21.8. The molecule has 0 unspecified atom stereocenters. The molecule has 4 nitrogen and oxygen atoms in total. The molecule has 0 aliphatic heterocycles. The molecule has 0 saturated carbocycles. The van der Waals surface area contributed by atoms with Crippen LogP contribution in [0.4, 0.5) is 0 Å². The molecular weight excluding hydrogens is 304 g/mol. The number of carboxylic acid groups (broad SMARTS) is 2. The van der Waals surface area contributed by atoms with Crippen LogP contribution in [-0.4, -0.2) is 22.2 Å². The normalized spacial score (nSPS) is 10.3. The zero-order valence-electron chi connectivity index (χ0n) is 12.6. The van der Waals surface area contributed by atoms with Crippen molar-refractivity contribution in [2.24, 2.45) is 0 Å². The van der Waals surface area contributed by atoms with Crippen molar-refractivity contribution in [2.45, 2.75) is 0 Å². The second kappa shape index (κ2) is 6.38. The van der Waals surface area contributed by atoms with Gasteiger partial charge >= 0.3 is 11.9 Å². The van der Waals surface area contributed by atoms with E-state index in [1.807, 2.05) is 18.2 Å². The monoisotopic (exact) mass is 317 g/mol. The van der Waals surface area contributed by atoms with Gasteiger partial charge in [0.15, 0.2) is 0 Å². The van der Waals surface area contributed by atoms with Crippen molar-refractivity contribution in [2.75, 3.05) is 0 Å². The van der Waals surface area contributed by atoms with Gasteiger partial charge in [-0.05, 0) is 70.8 Å². The fourth-order valence-corrected chi connectivity index (χ4v) is 2.42. The number of aromatic carboxylic acids is 2. The van der Waals surface area contributed by atoms with Crippen LogP contribution in [0.3, 0.4) is 0 Å². The number of hydrogen-bond acceptors (Lipinski definition) is 2. The fourth-order valence-electron chi connectivity index (χ4n) is 2.42. The van der Waals surface area contributed by atoms with E-state index in [2.05, 4.69) is 6.07 Å². The highest BCUT2D eigenvalue weighted by Crippen LogP contribution is 2.26. The van der Waals surface area contributed by atoms with Gasteiger partial charge in [0.2, 0.25) is 0 Å². The van der Waals surface area contributed by atoms with Crippen molar-refractivity contribution >= 4 is 11.9 Å². The maximum atomic E-state index is 10.9. The molecule has 0 amide bonds. The van der Waals surface area contributed by atoms with Gasteiger partial charge in [0.05, 0.1) is 11.1 Å². The van der Waals surface area contributed by atoms with Crippen molar-refractivity contribution in [3.05, 3.63) is 83.9 Å². The van der Waals surface area contributed by atoms with E-state index in [-0.39, 0.29) is 11.1 Å². The minimum Gasteiger partial charge on any atom is -0.478 e. The van der Waals surface area contributed by atoms with Crippen molar-refractivity contribution < 1.29 is 19.8 Å². The number of benzene rings is 3. The van der Waals surface area contributed by atoms with Gasteiger partial charge in [-0.3, -0.25) is 0 Å². The van der Waals surface area contributed by atoms with Crippen molar-refractivity contribution in [3.63, 3.8) is 0 Å². The molecule has 0 atom stereocenters. The van der Waals surface area contributed by atoms with E-state index in [1.54, 1.807) is 48.5 Å². The molecule has 0 aliphatic rings. The maximum absolute atomic E-state index is 10.9. The predicted octanol–water partition coefficient (Wildman–Crippen LogP) is 4.22. The molecule has 24 heavy (non-hydrogen) atoms. The molecule has 1 radical (unpaired) electrons. The largest absolute Gasteiger partial charge is 0.478 e. The lowest BCUT2D eigenvalue weighted by Gasteiger charge is -2.07. The number of rotatable bonds is 4. The van der Waals surface area contributed by atoms with Crippen LogP contribution in [0.5, 0.6) is 0 Å². The van der Waals surface area contributed by atoms with Gasteiger partial charge in [0.1, 0.15) is 0 Å². The first-order valence-corrected chi connectivity index (χ1v) is 7.23. The van der Waals surface area contributed by atoms with Gasteiger partial charge in [0, 0.05) is 0 Å². The Morgan fingerprint density at radius 1 is 0.625 bits per heavy atom. The third-order valence-corrected chi connectivity index (χ3v) is 3.72. The second-order valence-corrected chi connectivity index (χ2v) is 5.28. The summed E-state index contributed by atoms with van der Waals surface area (Å²) in [6, 6.07) is 21.9. The predicted molar refractivity (Wildman–Crippen MR) is 90.1 cm³/mol. The zero-order valence-corrected chi connectivity index (χ0v) is 12.6. The van der Waals surface area contributed by atoms with Gasteiger partial charge < -0.3 is 10.2 Å². The molecule has 0 spiro atoms. The van der Waals surface area contributed by atoms with E-state index >= 15 is 0 Å². The summed E-state index contributed by atoms with van der Waals surface area (Å²) in [5, 5.41) is 17.9. The van der Waals surface area contributed by atoms with Crippen LogP contribution in [0.1, 0.15) is 20.7 Å². The summed E-state index contributed by atoms with van der Waals surface area (Å²) in [7, 11) is 0. The van der Waals surface area contributed by atoms with Gasteiger partial charge in [0.25, 0.3) is 0 Å². The van der Waals surface area contributed by atoms with Crippen molar-refractivity contribution in [1.82, 2.24) is 0 Å². The molecule has 4 heteroatoms. The van der Waals surface area contributed by atoms with E-state index < -0.39 is 11.9 Å². The highest BCUT2D eigenvalue weighted by Gasteiger charge is 2.06. The topological polar surface area (TPSA) is 74.6 Å². The lowest BCUT2D eigenvalue weighted by atomic mass is 9.98. The first-order chi connectivity index (χ1) is 11.5. The summed E-state index contributed by atoms with van der Waals surface area (Å²) in [6.45, 7) is 0. The number of carbonyl (C=O) groups is 2. The Hall–Kier alpha value is -3.40. The standard InChI is InChI=1S/C20H13O4/c21-19(22)15-8-4-13(5-9-15)17-2-1-3-18(12-17)14-6-10-16(11-7-14)20(23)24/h2-12H,(H,21,22)(H,23,24). The summed E-state index contributed by atoms with van der Waals surface area (Å²) in [5.41, 5.74) is 4.07. The smallest absolute Gasteiger partial charge is 0.335 e. The molecule has 3 aromatic carbocycles. The van der Waals surface area contributed by atoms with Crippen LogP contribution >= 0.6 is 0 Å².